The maximum atomic E-state index is 5.47. The van der Waals surface area contributed by atoms with Crippen molar-refractivity contribution in [3.63, 3.8) is 0 Å². The molecule has 72 valence electrons. The first-order valence-corrected chi connectivity index (χ1v) is 4.99. The Balaban J connectivity index is 2.43. The van der Waals surface area contributed by atoms with E-state index in [0.717, 1.165) is 19.8 Å². The second-order valence-corrected chi connectivity index (χ2v) is 3.99. The highest BCUT2D eigenvalue weighted by Crippen LogP contribution is 2.32. The monoisotopic (exact) mass is 171 g/mol. The molecule has 0 aliphatic carbocycles. The molecule has 1 fully saturated rings. The van der Waals surface area contributed by atoms with Gasteiger partial charge in [-0.2, -0.15) is 0 Å². The standard InChI is InChI=1S/C10H21NO/c1-4-10(6-7-12-9-10)8-11(3)5-2/h4-9H2,1-3H3. The molecule has 0 radical (unpaired) electrons. The van der Waals surface area contributed by atoms with Crippen LogP contribution in [0.3, 0.4) is 0 Å². The molecule has 1 aliphatic heterocycles. The summed E-state index contributed by atoms with van der Waals surface area (Å²) in [5.74, 6) is 0. The van der Waals surface area contributed by atoms with Gasteiger partial charge >= 0.3 is 0 Å². The van der Waals surface area contributed by atoms with Crippen LogP contribution in [0.2, 0.25) is 0 Å². The molecule has 0 spiro atoms. The van der Waals surface area contributed by atoms with E-state index in [2.05, 4.69) is 25.8 Å². The van der Waals surface area contributed by atoms with E-state index >= 15 is 0 Å². The lowest BCUT2D eigenvalue weighted by molar-refractivity contribution is 0.119. The van der Waals surface area contributed by atoms with Crippen molar-refractivity contribution in [3.8, 4) is 0 Å². The van der Waals surface area contributed by atoms with E-state index < -0.39 is 0 Å². The van der Waals surface area contributed by atoms with Gasteiger partial charge in [-0.3, -0.25) is 0 Å². The Bertz CT molecular complexity index is 130. The molecule has 0 saturated carbocycles. The average Bonchev–Trinajstić information content (AvgIpc) is 2.54. The number of hydrogen-bond donors (Lipinski definition) is 0. The summed E-state index contributed by atoms with van der Waals surface area (Å²) < 4.78 is 5.47. The van der Waals surface area contributed by atoms with Crippen LogP contribution in [-0.4, -0.2) is 38.3 Å². The van der Waals surface area contributed by atoms with Gasteiger partial charge in [-0.1, -0.05) is 13.8 Å². The van der Waals surface area contributed by atoms with Crippen molar-refractivity contribution < 1.29 is 4.74 Å². The zero-order valence-electron chi connectivity index (χ0n) is 8.60. The van der Waals surface area contributed by atoms with Crippen molar-refractivity contribution in [2.75, 3.05) is 33.4 Å². The third-order valence-electron chi connectivity index (χ3n) is 3.08. The molecule has 1 rings (SSSR count). The number of nitrogens with zero attached hydrogens (tertiary/aromatic N) is 1. The van der Waals surface area contributed by atoms with Crippen LogP contribution in [0.4, 0.5) is 0 Å². The Labute approximate surface area is 75.9 Å². The molecule has 0 amide bonds. The van der Waals surface area contributed by atoms with E-state index in [1.807, 2.05) is 0 Å². The zero-order chi connectivity index (χ0) is 9.03. The predicted molar refractivity (Wildman–Crippen MR) is 51.3 cm³/mol. The lowest BCUT2D eigenvalue weighted by Gasteiger charge is -2.30. The molecule has 0 bridgehead atoms. The maximum absolute atomic E-state index is 5.47. The van der Waals surface area contributed by atoms with E-state index in [1.54, 1.807) is 0 Å². The Morgan fingerprint density at radius 1 is 1.42 bits per heavy atom. The van der Waals surface area contributed by atoms with Crippen LogP contribution in [0, 0.1) is 5.41 Å². The molecule has 2 nitrogen and oxygen atoms in total. The minimum Gasteiger partial charge on any atom is -0.381 e. The van der Waals surface area contributed by atoms with Crippen LogP contribution >= 0.6 is 0 Å². The number of rotatable bonds is 4. The Morgan fingerprint density at radius 2 is 2.17 bits per heavy atom. The molecule has 1 unspecified atom stereocenters. The van der Waals surface area contributed by atoms with Crippen LogP contribution < -0.4 is 0 Å². The van der Waals surface area contributed by atoms with Crippen molar-refractivity contribution in [1.82, 2.24) is 4.90 Å². The molecule has 1 aliphatic rings. The fourth-order valence-corrected chi connectivity index (χ4v) is 1.85. The van der Waals surface area contributed by atoms with Crippen LogP contribution in [-0.2, 0) is 4.74 Å². The van der Waals surface area contributed by atoms with E-state index in [0.29, 0.717) is 5.41 Å². The zero-order valence-corrected chi connectivity index (χ0v) is 8.60. The summed E-state index contributed by atoms with van der Waals surface area (Å²) in [7, 11) is 2.19. The summed E-state index contributed by atoms with van der Waals surface area (Å²) in [5, 5.41) is 0. The third-order valence-corrected chi connectivity index (χ3v) is 3.08. The van der Waals surface area contributed by atoms with E-state index in [4.69, 9.17) is 4.74 Å². The second-order valence-electron chi connectivity index (χ2n) is 3.99. The average molecular weight is 171 g/mol. The Kier molecular flexibility index (Phi) is 3.53. The van der Waals surface area contributed by atoms with Gasteiger partial charge in [-0.05, 0) is 26.4 Å². The molecule has 12 heavy (non-hydrogen) atoms. The van der Waals surface area contributed by atoms with Gasteiger partial charge in [0.2, 0.25) is 0 Å². The minimum absolute atomic E-state index is 0.463. The molecule has 0 aromatic heterocycles. The van der Waals surface area contributed by atoms with Gasteiger partial charge in [0.05, 0.1) is 6.61 Å². The lowest BCUT2D eigenvalue weighted by Crippen LogP contribution is -2.35. The summed E-state index contributed by atoms with van der Waals surface area (Å²) in [6.45, 7) is 8.75. The number of hydrogen-bond acceptors (Lipinski definition) is 2. The quantitative estimate of drug-likeness (QED) is 0.639. The Hall–Kier alpha value is -0.0800. The second kappa shape index (κ2) is 4.24. The fraction of sp³-hybridized carbons (Fsp3) is 1.00. The summed E-state index contributed by atoms with van der Waals surface area (Å²) in [5.41, 5.74) is 0.463. The predicted octanol–water partition coefficient (Wildman–Crippen LogP) is 1.75. The fourth-order valence-electron chi connectivity index (χ4n) is 1.85. The van der Waals surface area contributed by atoms with Gasteiger partial charge in [0.15, 0.2) is 0 Å². The van der Waals surface area contributed by atoms with Crippen LogP contribution in [0.5, 0.6) is 0 Å². The van der Waals surface area contributed by atoms with Gasteiger partial charge < -0.3 is 9.64 Å². The first kappa shape index (κ1) is 10.0. The molecular formula is C10H21NO. The molecule has 2 heteroatoms. The van der Waals surface area contributed by atoms with Crippen molar-refractivity contribution in [2.45, 2.75) is 26.7 Å². The Morgan fingerprint density at radius 3 is 2.58 bits per heavy atom. The van der Waals surface area contributed by atoms with Crippen molar-refractivity contribution >= 4 is 0 Å². The van der Waals surface area contributed by atoms with Crippen molar-refractivity contribution in [1.29, 1.82) is 0 Å². The first-order valence-electron chi connectivity index (χ1n) is 4.99. The number of ether oxygens (including phenoxy) is 1. The van der Waals surface area contributed by atoms with E-state index in [9.17, 15) is 0 Å². The van der Waals surface area contributed by atoms with E-state index in [1.165, 1.54) is 19.4 Å². The molecule has 0 N–H and O–H groups in total. The molecule has 1 heterocycles. The van der Waals surface area contributed by atoms with Crippen LogP contribution in [0.15, 0.2) is 0 Å². The topological polar surface area (TPSA) is 12.5 Å². The first-order chi connectivity index (χ1) is 5.72. The maximum Gasteiger partial charge on any atom is 0.0535 e. The summed E-state index contributed by atoms with van der Waals surface area (Å²) in [6, 6.07) is 0. The molecule has 0 aromatic rings. The van der Waals surface area contributed by atoms with E-state index in [-0.39, 0.29) is 0 Å². The van der Waals surface area contributed by atoms with Crippen molar-refractivity contribution in [3.05, 3.63) is 0 Å². The van der Waals surface area contributed by atoms with Crippen molar-refractivity contribution in [2.24, 2.45) is 5.41 Å². The molecule has 1 atom stereocenters. The highest BCUT2D eigenvalue weighted by atomic mass is 16.5. The SMILES string of the molecule is CCN(C)CC1(CC)CCOC1. The highest BCUT2D eigenvalue weighted by Gasteiger charge is 2.33. The van der Waals surface area contributed by atoms with Gasteiger partial charge in [0.1, 0.15) is 0 Å². The van der Waals surface area contributed by atoms with Gasteiger partial charge in [-0.15, -0.1) is 0 Å². The summed E-state index contributed by atoms with van der Waals surface area (Å²) in [4.78, 5) is 2.39. The molecular weight excluding hydrogens is 150 g/mol. The van der Waals surface area contributed by atoms with Crippen LogP contribution in [0.1, 0.15) is 26.7 Å². The lowest BCUT2D eigenvalue weighted by atomic mass is 9.84. The summed E-state index contributed by atoms with van der Waals surface area (Å²) in [6.07, 6.45) is 2.49. The van der Waals surface area contributed by atoms with Gasteiger partial charge in [0.25, 0.3) is 0 Å². The molecule has 1 saturated heterocycles. The smallest absolute Gasteiger partial charge is 0.0535 e. The minimum atomic E-state index is 0.463. The van der Waals surface area contributed by atoms with Gasteiger partial charge in [0, 0.05) is 18.6 Å². The van der Waals surface area contributed by atoms with Gasteiger partial charge in [-0.25, -0.2) is 0 Å². The third kappa shape index (κ3) is 2.20. The highest BCUT2D eigenvalue weighted by molar-refractivity contribution is 4.84. The summed E-state index contributed by atoms with van der Waals surface area (Å²) >= 11 is 0. The van der Waals surface area contributed by atoms with Crippen LogP contribution in [0.25, 0.3) is 0 Å². The molecule has 0 aromatic carbocycles. The normalized spacial score (nSPS) is 30.0. The largest absolute Gasteiger partial charge is 0.381 e.